The SMILES string of the molecule is CC(Oc1cccc(Cl)c1)C(=O)Nc1ccn(CC#N)n1. The molecule has 0 aliphatic heterocycles. The van der Waals surface area contributed by atoms with Gasteiger partial charge in [0, 0.05) is 17.3 Å². The molecule has 2 aromatic rings. The third kappa shape index (κ3) is 4.23. The molecule has 0 saturated heterocycles. The van der Waals surface area contributed by atoms with E-state index in [0.717, 1.165) is 0 Å². The van der Waals surface area contributed by atoms with E-state index in [2.05, 4.69) is 10.4 Å². The van der Waals surface area contributed by atoms with Gasteiger partial charge in [-0.1, -0.05) is 17.7 Å². The maximum Gasteiger partial charge on any atom is 0.266 e. The standard InChI is InChI=1S/C14H13ClN4O2/c1-10(21-12-4-2-3-11(15)9-12)14(20)17-13-5-7-19(18-13)8-6-16/h2-5,7,9-10H,8H2,1H3,(H,17,18,20). The Morgan fingerprint density at radius 2 is 2.38 bits per heavy atom. The van der Waals surface area contributed by atoms with Crippen molar-refractivity contribution in [1.29, 1.82) is 5.26 Å². The van der Waals surface area contributed by atoms with Crippen molar-refractivity contribution in [3.05, 3.63) is 41.6 Å². The summed E-state index contributed by atoms with van der Waals surface area (Å²) in [6.07, 6.45) is 0.908. The zero-order chi connectivity index (χ0) is 15.2. The molecule has 0 aliphatic rings. The number of amides is 1. The van der Waals surface area contributed by atoms with E-state index in [-0.39, 0.29) is 12.5 Å². The maximum absolute atomic E-state index is 12.0. The molecule has 1 aromatic heterocycles. The third-order valence-electron chi connectivity index (χ3n) is 2.60. The lowest BCUT2D eigenvalue weighted by molar-refractivity contribution is -0.122. The number of benzene rings is 1. The molecule has 108 valence electrons. The van der Waals surface area contributed by atoms with E-state index in [1.54, 1.807) is 43.5 Å². The summed E-state index contributed by atoms with van der Waals surface area (Å²) in [6.45, 7) is 1.76. The van der Waals surface area contributed by atoms with Crippen molar-refractivity contribution in [2.45, 2.75) is 19.6 Å². The summed E-state index contributed by atoms with van der Waals surface area (Å²) in [5.74, 6) is 0.550. The highest BCUT2D eigenvalue weighted by atomic mass is 35.5. The van der Waals surface area contributed by atoms with E-state index in [1.807, 2.05) is 6.07 Å². The molecule has 1 atom stereocenters. The lowest BCUT2D eigenvalue weighted by Gasteiger charge is -2.13. The molecule has 21 heavy (non-hydrogen) atoms. The number of halogens is 1. The van der Waals surface area contributed by atoms with Crippen LogP contribution in [0.2, 0.25) is 5.02 Å². The highest BCUT2D eigenvalue weighted by Gasteiger charge is 2.16. The van der Waals surface area contributed by atoms with Gasteiger partial charge in [0.1, 0.15) is 12.3 Å². The molecule has 1 aromatic carbocycles. The quantitative estimate of drug-likeness (QED) is 0.920. The smallest absolute Gasteiger partial charge is 0.266 e. The Kier molecular flexibility index (Phi) is 4.80. The summed E-state index contributed by atoms with van der Waals surface area (Å²) in [4.78, 5) is 12.0. The van der Waals surface area contributed by atoms with Crippen LogP contribution in [-0.4, -0.2) is 21.8 Å². The minimum atomic E-state index is -0.704. The van der Waals surface area contributed by atoms with Crippen LogP contribution < -0.4 is 10.1 Å². The van der Waals surface area contributed by atoms with Gasteiger partial charge in [0.05, 0.1) is 6.07 Å². The van der Waals surface area contributed by atoms with Gasteiger partial charge in [-0.2, -0.15) is 10.4 Å². The number of rotatable bonds is 5. The molecular weight excluding hydrogens is 292 g/mol. The Balaban J connectivity index is 1.94. The maximum atomic E-state index is 12.0. The van der Waals surface area contributed by atoms with E-state index in [4.69, 9.17) is 21.6 Å². The van der Waals surface area contributed by atoms with Crippen molar-refractivity contribution in [2.24, 2.45) is 0 Å². The van der Waals surface area contributed by atoms with Crippen LogP contribution >= 0.6 is 11.6 Å². The van der Waals surface area contributed by atoms with E-state index < -0.39 is 6.10 Å². The van der Waals surface area contributed by atoms with Crippen molar-refractivity contribution in [3.63, 3.8) is 0 Å². The normalized spacial score (nSPS) is 11.5. The largest absolute Gasteiger partial charge is 0.481 e. The van der Waals surface area contributed by atoms with Gasteiger partial charge in [-0.15, -0.1) is 0 Å². The van der Waals surface area contributed by atoms with Crippen LogP contribution in [0, 0.1) is 11.3 Å². The minimum Gasteiger partial charge on any atom is -0.481 e. The highest BCUT2D eigenvalue weighted by molar-refractivity contribution is 6.30. The van der Waals surface area contributed by atoms with Crippen LogP contribution in [0.4, 0.5) is 5.82 Å². The topological polar surface area (TPSA) is 79.9 Å². The van der Waals surface area contributed by atoms with Crippen LogP contribution in [0.1, 0.15) is 6.92 Å². The van der Waals surface area contributed by atoms with Gasteiger partial charge in [0.15, 0.2) is 11.9 Å². The molecular formula is C14H13ClN4O2. The Hall–Kier alpha value is -2.52. The molecule has 1 heterocycles. The summed E-state index contributed by atoms with van der Waals surface area (Å²) in [5.41, 5.74) is 0. The number of hydrogen-bond donors (Lipinski definition) is 1. The Morgan fingerprint density at radius 1 is 1.57 bits per heavy atom. The molecule has 6 nitrogen and oxygen atoms in total. The zero-order valence-corrected chi connectivity index (χ0v) is 12.0. The molecule has 0 bridgehead atoms. The summed E-state index contributed by atoms with van der Waals surface area (Å²) in [6, 6.07) is 10.4. The van der Waals surface area contributed by atoms with Crippen molar-refractivity contribution < 1.29 is 9.53 Å². The van der Waals surface area contributed by atoms with Gasteiger partial charge in [-0.05, 0) is 25.1 Å². The van der Waals surface area contributed by atoms with Gasteiger partial charge in [-0.25, -0.2) is 0 Å². The average Bonchev–Trinajstić information content (AvgIpc) is 2.86. The number of nitrogens with zero attached hydrogens (tertiary/aromatic N) is 3. The van der Waals surface area contributed by atoms with E-state index >= 15 is 0 Å². The van der Waals surface area contributed by atoms with Crippen molar-refractivity contribution in [1.82, 2.24) is 9.78 Å². The summed E-state index contributed by atoms with van der Waals surface area (Å²) < 4.78 is 6.93. The van der Waals surface area contributed by atoms with E-state index in [0.29, 0.717) is 16.6 Å². The predicted molar refractivity (Wildman–Crippen MR) is 78.0 cm³/mol. The first kappa shape index (κ1) is 14.9. The van der Waals surface area contributed by atoms with E-state index in [9.17, 15) is 4.79 Å². The molecule has 1 unspecified atom stereocenters. The van der Waals surface area contributed by atoms with Crippen LogP contribution in [0.15, 0.2) is 36.5 Å². The summed E-state index contributed by atoms with van der Waals surface area (Å²) in [5, 5.41) is 15.7. The molecule has 0 fully saturated rings. The Morgan fingerprint density at radius 3 is 3.10 bits per heavy atom. The van der Waals surface area contributed by atoms with Crippen LogP contribution in [0.25, 0.3) is 0 Å². The molecule has 7 heteroatoms. The average molecular weight is 305 g/mol. The fourth-order valence-corrected chi connectivity index (χ4v) is 1.79. The first-order chi connectivity index (χ1) is 10.1. The first-order valence-electron chi connectivity index (χ1n) is 6.22. The molecule has 1 amide bonds. The number of nitrogens with one attached hydrogen (secondary N) is 1. The van der Waals surface area contributed by atoms with Crippen molar-refractivity contribution >= 4 is 23.3 Å². The lowest BCUT2D eigenvalue weighted by atomic mass is 10.3. The first-order valence-corrected chi connectivity index (χ1v) is 6.60. The number of carbonyl (C=O) groups excluding carboxylic acids is 1. The molecule has 0 saturated carbocycles. The molecule has 2 rings (SSSR count). The van der Waals surface area contributed by atoms with E-state index in [1.165, 1.54) is 4.68 Å². The Bertz CT molecular complexity index is 678. The fraction of sp³-hybridized carbons (Fsp3) is 0.214. The number of carbonyl (C=O) groups is 1. The molecule has 1 N–H and O–H groups in total. The second-order valence-corrected chi connectivity index (χ2v) is 4.70. The third-order valence-corrected chi connectivity index (χ3v) is 2.84. The second-order valence-electron chi connectivity index (χ2n) is 4.26. The summed E-state index contributed by atoms with van der Waals surface area (Å²) in [7, 11) is 0. The van der Waals surface area contributed by atoms with Gasteiger partial charge in [-0.3, -0.25) is 9.48 Å². The number of anilines is 1. The highest BCUT2D eigenvalue weighted by Crippen LogP contribution is 2.18. The predicted octanol–water partition coefficient (Wildman–Crippen LogP) is 2.47. The zero-order valence-electron chi connectivity index (χ0n) is 11.3. The van der Waals surface area contributed by atoms with Gasteiger partial charge in [0.25, 0.3) is 5.91 Å². The number of aromatic nitrogens is 2. The van der Waals surface area contributed by atoms with Crippen LogP contribution in [0.5, 0.6) is 5.75 Å². The van der Waals surface area contributed by atoms with Gasteiger partial charge < -0.3 is 10.1 Å². The van der Waals surface area contributed by atoms with Gasteiger partial charge in [0.2, 0.25) is 0 Å². The number of ether oxygens (including phenoxy) is 1. The van der Waals surface area contributed by atoms with Crippen LogP contribution in [0.3, 0.4) is 0 Å². The monoisotopic (exact) mass is 304 g/mol. The number of hydrogen-bond acceptors (Lipinski definition) is 4. The second kappa shape index (κ2) is 6.77. The minimum absolute atomic E-state index is 0.129. The fourth-order valence-electron chi connectivity index (χ4n) is 1.61. The van der Waals surface area contributed by atoms with Gasteiger partial charge >= 0.3 is 0 Å². The van der Waals surface area contributed by atoms with Crippen molar-refractivity contribution in [2.75, 3.05) is 5.32 Å². The van der Waals surface area contributed by atoms with Crippen molar-refractivity contribution in [3.8, 4) is 11.8 Å². The molecule has 0 spiro atoms. The lowest BCUT2D eigenvalue weighted by Crippen LogP contribution is -2.30. The molecule has 0 aliphatic carbocycles. The molecule has 0 radical (unpaired) electrons. The van der Waals surface area contributed by atoms with Crippen LogP contribution in [-0.2, 0) is 11.3 Å². The Labute approximate surface area is 126 Å². The number of nitriles is 1. The summed E-state index contributed by atoms with van der Waals surface area (Å²) >= 11 is 5.85.